The number of non-ortho nitro benzene ring substituents is 1. The number of ketones is 1. The summed E-state index contributed by atoms with van der Waals surface area (Å²) in [6.07, 6.45) is 0. The van der Waals surface area contributed by atoms with Crippen molar-refractivity contribution in [3.8, 4) is 5.75 Å². The van der Waals surface area contributed by atoms with Crippen LogP contribution in [0.1, 0.15) is 22.7 Å². The number of nitro groups is 1. The molecule has 3 aromatic rings. The number of amides is 1. The SMILES string of the molecule is COc1ccccc1CN1C(=O)C(=O)/C(=C(\O)c2cccc([N+](=O)[O-])c2)C1c1ccc(N(C)C)cc1. The van der Waals surface area contributed by atoms with Gasteiger partial charge in [0.2, 0.25) is 0 Å². The number of hydrogen-bond donors (Lipinski definition) is 1. The smallest absolute Gasteiger partial charge is 0.295 e. The van der Waals surface area contributed by atoms with Crippen molar-refractivity contribution in [1.82, 2.24) is 4.90 Å². The number of Topliss-reactive ketones (excluding diaryl/α,β-unsaturated/α-hetero) is 1. The van der Waals surface area contributed by atoms with Crippen molar-refractivity contribution in [2.45, 2.75) is 12.6 Å². The van der Waals surface area contributed by atoms with E-state index in [-0.39, 0.29) is 23.4 Å². The zero-order valence-corrected chi connectivity index (χ0v) is 20.0. The van der Waals surface area contributed by atoms with Gasteiger partial charge in [-0.25, -0.2) is 0 Å². The highest BCUT2D eigenvalue weighted by atomic mass is 16.6. The van der Waals surface area contributed by atoms with Crippen molar-refractivity contribution >= 4 is 28.8 Å². The van der Waals surface area contributed by atoms with E-state index >= 15 is 0 Å². The monoisotopic (exact) mass is 487 g/mol. The molecule has 1 aliphatic rings. The fraction of sp³-hybridized carbons (Fsp3) is 0.185. The van der Waals surface area contributed by atoms with Gasteiger partial charge in [-0.05, 0) is 23.8 Å². The molecule has 1 N–H and O–H groups in total. The van der Waals surface area contributed by atoms with Crippen LogP contribution in [0.5, 0.6) is 5.75 Å². The maximum atomic E-state index is 13.3. The van der Waals surface area contributed by atoms with Gasteiger partial charge >= 0.3 is 0 Å². The van der Waals surface area contributed by atoms with E-state index in [0.29, 0.717) is 16.9 Å². The number of para-hydroxylation sites is 1. The number of methoxy groups -OCH3 is 1. The third-order valence-electron chi connectivity index (χ3n) is 6.13. The molecule has 9 heteroatoms. The van der Waals surface area contributed by atoms with E-state index in [9.17, 15) is 24.8 Å². The number of rotatable bonds is 7. The normalized spacial score (nSPS) is 16.8. The fourth-order valence-electron chi connectivity index (χ4n) is 4.28. The summed E-state index contributed by atoms with van der Waals surface area (Å²) in [5.74, 6) is -1.56. The van der Waals surface area contributed by atoms with E-state index < -0.39 is 28.4 Å². The zero-order chi connectivity index (χ0) is 26.0. The maximum absolute atomic E-state index is 13.3. The number of carbonyl (C=O) groups is 2. The molecule has 4 rings (SSSR count). The highest BCUT2D eigenvalue weighted by Crippen LogP contribution is 2.41. The van der Waals surface area contributed by atoms with E-state index in [1.54, 1.807) is 36.4 Å². The summed E-state index contributed by atoms with van der Waals surface area (Å²) in [5, 5.41) is 22.5. The summed E-state index contributed by atoms with van der Waals surface area (Å²) in [6.45, 7) is 0.0560. The Morgan fingerprint density at radius 2 is 1.75 bits per heavy atom. The van der Waals surface area contributed by atoms with Crippen LogP contribution < -0.4 is 9.64 Å². The van der Waals surface area contributed by atoms with Gasteiger partial charge in [0.05, 0.1) is 30.2 Å². The summed E-state index contributed by atoms with van der Waals surface area (Å²) in [7, 11) is 5.31. The van der Waals surface area contributed by atoms with Crippen molar-refractivity contribution in [3.63, 3.8) is 0 Å². The first-order chi connectivity index (χ1) is 17.2. The number of nitrogens with zero attached hydrogens (tertiary/aromatic N) is 3. The van der Waals surface area contributed by atoms with Gasteiger partial charge in [0.25, 0.3) is 17.4 Å². The first kappa shape index (κ1) is 24.5. The number of anilines is 1. The van der Waals surface area contributed by atoms with Crippen LogP contribution in [0.15, 0.2) is 78.4 Å². The van der Waals surface area contributed by atoms with E-state index in [1.807, 2.05) is 31.1 Å². The molecule has 1 amide bonds. The van der Waals surface area contributed by atoms with Gasteiger partial charge < -0.3 is 19.6 Å². The Labute approximate surface area is 208 Å². The topological polar surface area (TPSA) is 113 Å². The number of likely N-dealkylation sites (tertiary alicyclic amines) is 1. The number of benzene rings is 3. The Bertz CT molecular complexity index is 1360. The molecule has 1 saturated heterocycles. The van der Waals surface area contributed by atoms with Gasteiger partial charge in [0.1, 0.15) is 11.5 Å². The lowest BCUT2D eigenvalue weighted by atomic mass is 9.94. The zero-order valence-electron chi connectivity index (χ0n) is 20.0. The number of ether oxygens (including phenoxy) is 1. The molecule has 0 aliphatic carbocycles. The molecule has 1 fully saturated rings. The second kappa shape index (κ2) is 9.91. The number of nitro benzene ring substituents is 1. The minimum absolute atomic E-state index is 0.0560. The van der Waals surface area contributed by atoms with Crippen LogP contribution in [0.4, 0.5) is 11.4 Å². The molecular formula is C27H25N3O6. The molecule has 1 aliphatic heterocycles. The van der Waals surface area contributed by atoms with E-state index in [4.69, 9.17) is 4.74 Å². The predicted molar refractivity (Wildman–Crippen MR) is 135 cm³/mol. The molecule has 9 nitrogen and oxygen atoms in total. The molecule has 1 unspecified atom stereocenters. The Hall–Kier alpha value is -4.66. The predicted octanol–water partition coefficient (Wildman–Crippen LogP) is 4.29. The molecule has 0 radical (unpaired) electrons. The van der Waals surface area contributed by atoms with Gasteiger partial charge in [0.15, 0.2) is 0 Å². The van der Waals surface area contributed by atoms with Gasteiger partial charge in [-0.1, -0.05) is 42.5 Å². The minimum atomic E-state index is -0.912. The second-order valence-corrected chi connectivity index (χ2v) is 8.53. The van der Waals surface area contributed by atoms with Crippen LogP contribution in [-0.4, -0.2) is 47.8 Å². The van der Waals surface area contributed by atoms with E-state index in [0.717, 1.165) is 5.69 Å². The number of aliphatic hydroxyl groups is 1. The molecule has 3 aromatic carbocycles. The number of hydrogen-bond acceptors (Lipinski definition) is 7. The molecule has 184 valence electrons. The molecule has 1 heterocycles. The first-order valence-electron chi connectivity index (χ1n) is 11.2. The first-order valence-corrected chi connectivity index (χ1v) is 11.2. The molecule has 36 heavy (non-hydrogen) atoms. The molecule has 0 spiro atoms. The molecule has 0 bridgehead atoms. The molecule has 0 saturated carbocycles. The Balaban J connectivity index is 1.88. The van der Waals surface area contributed by atoms with Crippen LogP contribution >= 0.6 is 0 Å². The van der Waals surface area contributed by atoms with Crippen LogP contribution in [0, 0.1) is 10.1 Å². The van der Waals surface area contributed by atoms with Crippen molar-refractivity contribution < 1.29 is 24.4 Å². The third kappa shape index (κ3) is 4.50. The van der Waals surface area contributed by atoms with Crippen LogP contribution in [0.2, 0.25) is 0 Å². The summed E-state index contributed by atoms with van der Waals surface area (Å²) < 4.78 is 5.43. The second-order valence-electron chi connectivity index (χ2n) is 8.53. The highest BCUT2D eigenvalue weighted by Gasteiger charge is 2.46. The lowest BCUT2D eigenvalue weighted by Gasteiger charge is -2.26. The van der Waals surface area contributed by atoms with Crippen molar-refractivity contribution in [2.75, 3.05) is 26.1 Å². The standard InChI is InChI=1S/C27H25N3O6/c1-28(2)20-13-11-17(12-14-20)24-23(25(31)18-8-6-9-21(15-18)30(34)35)26(32)27(33)29(24)16-19-7-4-5-10-22(19)36-3/h4-15,24,31H,16H2,1-3H3/b25-23-. The Morgan fingerprint density at radius 1 is 1.06 bits per heavy atom. The quantitative estimate of drug-likeness (QED) is 0.174. The van der Waals surface area contributed by atoms with E-state index in [1.165, 1.54) is 36.3 Å². The fourth-order valence-corrected chi connectivity index (χ4v) is 4.28. The summed E-state index contributed by atoms with van der Waals surface area (Å²) in [4.78, 5) is 40.5. The van der Waals surface area contributed by atoms with Crippen LogP contribution in [0.25, 0.3) is 5.76 Å². The average molecular weight is 488 g/mol. The largest absolute Gasteiger partial charge is 0.507 e. The van der Waals surface area contributed by atoms with Gasteiger partial charge in [-0.15, -0.1) is 0 Å². The number of aliphatic hydroxyl groups excluding tert-OH is 1. The van der Waals surface area contributed by atoms with Crippen molar-refractivity contribution in [2.24, 2.45) is 0 Å². The summed E-state index contributed by atoms with van der Waals surface area (Å²) in [5.41, 5.74) is 1.92. The van der Waals surface area contributed by atoms with Crippen LogP contribution in [-0.2, 0) is 16.1 Å². The average Bonchev–Trinajstić information content (AvgIpc) is 3.13. The third-order valence-corrected chi connectivity index (χ3v) is 6.13. The Kier molecular flexibility index (Phi) is 6.73. The molecule has 1 atom stereocenters. The summed E-state index contributed by atoms with van der Waals surface area (Å²) in [6, 6.07) is 18.9. The van der Waals surface area contributed by atoms with Crippen molar-refractivity contribution in [3.05, 3.63) is 105 Å². The van der Waals surface area contributed by atoms with Gasteiger partial charge in [-0.2, -0.15) is 0 Å². The minimum Gasteiger partial charge on any atom is -0.507 e. The lowest BCUT2D eigenvalue weighted by Crippen LogP contribution is -2.29. The maximum Gasteiger partial charge on any atom is 0.295 e. The highest BCUT2D eigenvalue weighted by molar-refractivity contribution is 6.46. The van der Waals surface area contributed by atoms with Gasteiger partial charge in [0, 0.05) is 43.0 Å². The number of carbonyl (C=O) groups excluding carboxylic acids is 2. The molecule has 0 aromatic heterocycles. The lowest BCUT2D eigenvalue weighted by molar-refractivity contribution is -0.384. The Morgan fingerprint density at radius 3 is 2.39 bits per heavy atom. The van der Waals surface area contributed by atoms with Gasteiger partial charge in [-0.3, -0.25) is 19.7 Å². The van der Waals surface area contributed by atoms with Crippen LogP contribution in [0.3, 0.4) is 0 Å². The van der Waals surface area contributed by atoms with Crippen molar-refractivity contribution in [1.29, 1.82) is 0 Å². The summed E-state index contributed by atoms with van der Waals surface area (Å²) >= 11 is 0. The molecular weight excluding hydrogens is 462 g/mol. The van der Waals surface area contributed by atoms with E-state index in [2.05, 4.69) is 0 Å².